The first-order chi connectivity index (χ1) is 14.1. The number of hydrogen-bond donors (Lipinski definition) is 1. The first kappa shape index (κ1) is 20.9. The molecule has 29 heavy (non-hydrogen) atoms. The molecule has 0 aliphatic rings. The lowest BCUT2D eigenvalue weighted by Crippen LogP contribution is -2.34. The number of thioether (sulfide) groups is 1. The van der Waals surface area contributed by atoms with Gasteiger partial charge >= 0.3 is 0 Å². The number of hydrogen-bond acceptors (Lipinski definition) is 5. The van der Waals surface area contributed by atoms with Crippen molar-refractivity contribution in [2.75, 3.05) is 5.75 Å². The second-order valence-corrected chi connectivity index (χ2v) is 7.83. The van der Waals surface area contributed by atoms with E-state index in [4.69, 9.17) is 4.74 Å². The summed E-state index contributed by atoms with van der Waals surface area (Å²) in [5, 5.41) is 3.64. The molecule has 1 aromatic heterocycles. The van der Waals surface area contributed by atoms with E-state index >= 15 is 0 Å². The normalized spacial score (nSPS) is 11.7. The van der Waals surface area contributed by atoms with Crippen molar-refractivity contribution < 1.29 is 9.53 Å². The number of nitrogens with zero attached hydrogens (tertiary/aromatic N) is 2. The molecular formula is C23H25N3O2S. The molecule has 1 unspecified atom stereocenters. The van der Waals surface area contributed by atoms with Crippen LogP contribution >= 0.6 is 11.8 Å². The molecule has 2 aromatic carbocycles. The molecule has 0 aliphatic carbocycles. The predicted molar refractivity (Wildman–Crippen MR) is 116 cm³/mol. The van der Waals surface area contributed by atoms with Gasteiger partial charge in [0, 0.05) is 18.4 Å². The van der Waals surface area contributed by atoms with Crippen molar-refractivity contribution in [1.29, 1.82) is 0 Å². The van der Waals surface area contributed by atoms with Crippen molar-refractivity contribution in [2.45, 2.75) is 37.8 Å². The molecule has 1 amide bonds. The van der Waals surface area contributed by atoms with E-state index in [-0.39, 0.29) is 17.7 Å². The Labute approximate surface area is 175 Å². The number of aryl methyl sites for hydroxylation is 2. The van der Waals surface area contributed by atoms with Gasteiger partial charge in [0.2, 0.25) is 5.91 Å². The molecule has 3 rings (SSSR count). The first-order valence-electron chi connectivity index (χ1n) is 9.62. The second kappa shape index (κ2) is 10.6. The second-order valence-electron chi connectivity index (χ2n) is 6.86. The van der Waals surface area contributed by atoms with Gasteiger partial charge in [-0.1, -0.05) is 59.8 Å². The summed E-state index contributed by atoms with van der Waals surface area (Å²) in [6, 6.07) is 18.1. The van der Waals surface area contributed by atoms with Crippen LogP contribution in [0.5, 0.6) is 11.6 Å². The zero-order valence-electron chi connectivity index (χ0n) is 16.7. The minimum Gasteiger partial charge on any atom is -0.437 e. The van der Waals surface area contributed by atoms with Crippen LogP contribution in [0.25, 0.3) is 0 Å². The van der Waals surface area contributed by atoms with Gasteiger partial charge in [-0.15, -0.1) is 0 Å². The fourth-order valence-corrected chi connectivity index (χ4v) is 3.45. The average molecular weight is 408 g/mol. The van der Waals surface area contributed by atoms with E-state index in [1.807, 2.05) is 56.3 Å². The molecule has 6 heteroatoms. The third-order valence-electron chi connectivity index (χ3n) is 4.32. The number of benzene rings is 2. The molecule has 150 valence electrons. The third kappa shape index (κ3) is 6.91. The highest BCUT2D eigenvalue weighted by Crippen LogP contribution is 2.28. The smallest absolute Gasteiger partial charge is 0.252 e. The Bertz CT molecular complexity index is 917. The summed E-state index contributed by atoms with van der Waals surface area (Å²) in [5.74, 6) is 1.34. The Morgan fingerprint density at radius 3 is 2.55 bits per heavy atom. The highest BCUT2D eigenvalue weighted by molar-refractivity contribution is 8.00. The van der Waals surface area contributed by atoms with E-state index in [9.17, 15) is 4.79 Å². The van der Waals surface area contributed by atoms with E-state index in [0.29, 0.717) is 16.7 Å². The third-order valence-corrected chi connectivity index (χ3v) is 5.28. The maximum absolute atomic E-state index is 12.3. The monoisotopic (exact) mass is 407 g/mol. The number of rotatable bonds is 9. The maximum Gasteiger partial charge on any atom is 0.252 e. The Balaban J connectivity index is 1.49. The van der Waals surface area contributed by atoms with Crippen molar-refractivity contribution in [3.63, 3.8) is 0 Å². The van der Waals surface area contributed by atoms with Crippen LogP contribution in [0, 0.1) is 6.92 Å². The van der Waals surface area contributed by atoms with Crippen molar-refractivity contribution in [3.8, 4) is 11.6 Å². The highest BCUT2D eigenvalue weighted by Gasteiger charge is 2.13. The van der Waals surface area contributed by atoms with Gasteiger partial charge in [0.1, 0.15) is 5.75 Å². The van der Waals surface area contributed by atoms with Crippen molar-refractivity contribution in [1.82, 2.24) is 15.3 Å². The molecule has 0 saturated heterocycles. The van der Waals surface area contributed by atoms with E-state index in [0.717, 1.165) is 18.4 Å². The summed E-state index contributed by atoms with van der Waals surface area (Å²) in [7, 11) is 0. The van der Waals surface area contributed by atoms with Crippen LogP contribution < -0.4 is 10.1 Å². The minimum absolute atomic E-state index is 0.0255. The summed E-state index contributed by atoms with van der Waals surface area (Å²) in [6.07, 6.45) is 5.02. The van der Waals surface area contributed by atoms with Crippen LogP contribution in [0.4, 0.5) is 0 Å². The number of ether oxygens (including phenoxy) is 1. The molecule has 0 spiro atoms. The van der Waals surface area contributed by atoms with Crippen LogP contribution in [0.1, 0.15) is 24.5 Å². The molecule has 5 nitrogen and oxygen atoms in total. The molecular weight excluding hydrogens is 382 g/mol. The van der Waals surface area contributed by atoms with Crippen LogP contribution in [0.2, 0.25) is 0 Å². The number of aromatic nitrogens is 2. The maximum atomic E-state index is 12.3. The molecule has 0 fully saturated rings. The van der Waals surface area contributed by atoms with Crippen LogP contribution in [0.15, 0.2) is 72.0 Å². The number of carbonyl (C=O) groups is 1. The average Bonchev–Trinajstić information content (AvgIpc) is 2.74. The van der Waals surface area contributed by atoms with Gasteiger partial charge < -0.3 is 10.1 Å². The molecule has 1 atom stereocenters. The molecule has 0 saturated carbocycles. The molecule has 1 heterocycles. The van der Waals surface area contributed by atoms with E-state index in [1.165, 1.54) is 17.3 Å². The van der Waals surface area contributed by atoms with E-state index < -0.39 is 0 Å². The lowest BCUT2D eigenvalue weighted by atomic mass is 10.1. The molecule has 0 bridgehead atoms. The molecule has 3 aromatic rings. The van der Waals surface area contributed by atoms with Gasteiger partial charge in [0.25, 0.3) is 5.88 Å². The zero-order valence-corrected chi connectivity index (χ0v) is 17.5. The van der Waals surface area contributed by atoms with Gasteiger partial charge in [-0.2, -0.15) is 0 Å². The largest absolute Gasteiger partial charge is 0.437 e. The topological polar surface area (TPSA) is 64.1 Å². The summed E-state index contributed by atoms with van der Waals surface area (Å²) in [5.41, 5.74) is 2.43. The Morgan fingerprint density at radius 1 is 1.07 bits per heavy atom. The van der Waals surface area contributed by atoms with Gasteiger partial charge in [0.05, 0.1) is 5.75 Å². The zero-order chi connectivity index (χ0) is 20.5. The molecule has 0 radical (unpaired) electrons. The van der Waals surface area contributed by atoms with Crippen molar-refractivity contribution in [3.05, 3.63) is 78.1 Å². The quantitative estimate of drug-likeness (QED) is 0.516. The predicted octanol–water partition coefficient (Wildman–Crippen LogP) is 4.81. The lowest BCUT2D eigenvalue weighted by Gasteiger charge is -2.14. The molecule has 1 N–H and O–H groups in total. The number of amides is 1. The van der Waals surface area contributed by atoms with Gasteiger partial charge in [-0.25, -0.2) is 9.97 Å². The standard InChI is InChI=1S/C23H25N3O2S/c1-17-8-12-20(13-9-17)28-22-23(25-15-14-24-22)29-16-21(27)26-18(2)10-11-19-6-4-3-5-7-19/h3-9,12-15,18H,10-11,16H2,1-2H3,(H,26,27). The van der Waals surface area contributed by atoms with Gasteiger partial charge in [-0.05, 0) is 44.4 Å². The van der Waals surface area contributed by atoms with E-state index in [1.54, 1.807) is 12.4 Å². The van der Waals surface area contributed by atoms with Crippen molar-refractivity contribution in [2.24, 2.45) is 0 Å². The highest BCUT2D eigenvalue weighted by atomic mass is 32.2. The SMILES string of the molecule is Cc1ccc(Oc2nccnc2SCC(=O)NC(C)CCc2ccccc2)cc1. The number of nitrogens with one attached hydrogen (secondary N) is 1. The Morgan fingerprint density at radius 2 is 1.79 bits per heavy atom. The fraction of sp³-hybridized carbons (Fsp3) is 0.261. The summed E-state index contributed by atoms with van der Waals surface area (Å²) < 4.78 is 5.84. The summed E-state index contributed by atoms with van der Waals surface area (Å²) in [6.45, 7) is 4.05. The molecule has 0 aliphatic heterocycles. The Hall–Kier alpha value is -2.86. The fourth-order valence-electron chi connectivity index (χ4n) is 2.75. The minimum atomic E-state index is -0.0255. The number of carbonyl (C=O) groups excluding carboxylic acids is 1. The van der Waals surface area contributed by atoms with Crippen molar-refractivity contribution >= 4 is 17.7 Å². The lowest BCUT2D eigenvalue weighted by molar-refractivity contribution is -0.119. The summed E-state index contributed by atoms with van der Waals surface area (Å²) in [4.78, 5) is 20.9. The first-order valence-corrected chi connectivity index (χ1v) is 10.6. The van der Waals surface area contributed by atoms with Crippen LogP contribution in [-0.4, -0.2) is 27.7 Å². The van der Waals surface area contributed by atoms with E-state index in [2.05, 4.69) is 27.4 Å². The van der Waals surface area contributed by atoms with Crippen LogP contribution in [-0.2, 0) is 11.2 Å². The Kier molecular flexibility index (Phi) is 7.64. The van der Waals surface area contributed by atoms with Crippen LogP contribution in [0.3, 0.4) is 0 Å². The van der Waals surface area contributed by atoms with Gasteiger partial charge in [0.15, 0.2) is 5.03 Å². The summed E-state index contributed by atoms with van der Waals surface area (Å²) >= 11 is 1.32. The van der Waals surface area contributed by atoms with Gasteiger partial charge in [-0.3, -0.25) is 4.79 Å².